The van der Waals surface area contributed by atoms with Gasteiger partial charge in [-0.1, -0.05) is 12.1 Å². The molecule has 0 saturated carbocycles. The van der Waals surface area contributed by atoms with Gasteiger partial charge in [0.15, 0.2) is 17.5 Å². The number of hydrogen-bond acceptors (Lipinski definition) is 2. The highest BCUT2D eigenvalue weighted by atomic mass is 19.2. The molecule has 1 fully saturated rings. The maximum Gasteiger partial charge on any atom is 0.253 e. The Morgan fingerprint density at radius 2 is 1.56 bits per heavy atom. The maximum absolute atomic E-state index is 13.4. The number of nitrogens with zero attached hydrogens (tertiary/aromatic N) is 1. The Morgan fingerprint density at radius 1 is 1.00 bits per heavy atom. The summed E-state index contributed by atoms with van der Waals surface area (Å²) < 4.78 is 39.8. The smallest absolute Gasteiger partial charge is 0.253 e. The third kappa shape index (κ3) is 3.69. The molecule has 25 heavy (non-hydrogen) atoms. The fourth-order valence-electron chi connectivity index (χ4n) is 3.09. The molecule has 1 saturated heterocycles. The Balaban J connectivity index is 1.79. The van der Waals surface area contributed by atoms with Gasteiger partial charge in [0.05, 0.1) is 0 Å². The van der Waals surface area contributed by atoms with Crippen LogP contribution in [0.2, 0.25) is 0 Å². The van der Waals surface area contributed by atoms with Gasteiger partial charge in [-0.3, -0.25) is 4.79 Å². The summed E-state index contributed by atoms with van der Waals surface area (Å²) in [6.45, 7) is 1.78. The third-order valence-corrected chi connectivity index (χ3v) is 4.63. The van der Waals surface area contributed by atoms with Gasteiger partial charge in [0.2, 0.25) is 0 Å². The zero-order valence-electron chi connectivity index (χ0n) is 13.9. The van der Waals surface area contributed by atoms with Crippen LogP contribution in [-0.2, 0) is 0 Å². The van der Waals surface area contributed by atoms with Crippen LogP contribution >= 0.6 is 0 Å². The Hall–Kier alpha value is -2.34. The van der Waals surface area contributed by atoms with Gasteiger partial charge in [0.1, 0.15) is 0 Å². The van der Waals surface area contributed by atoms with Crippen molar-refractivity contribution < 1.29 is 18.0 Å². The molecule has 6 heteroatoms. The molecule has 1 N–H and O–H groups in total. The summed E-state index contributed by atoms with van der Waals surface area (Å²) in [7, 11) is 1.79. The number of benzene rings is 2. The molecule has 1 aliphatic heterocycles. The number of amides is 1. The van der Waals surface area contributed by atoms with Crippen molar-refractivity contribution in [2.24, 2.45) is 0 Å². The molecule has 0 radical (unpaired) electrons. The zero-order chi connectivity index (χ0) is 18.0. The van der Waals surface area contributed by atoms with E-state index in [1.54, 1.807) is 36.2 Å². The number of rotatable bonds is 3. The van der Waals surface area contributed by atoms with Gasteiger partial charge < -0.3 is 10.2 Å². The first kappa shape index (κ1) is 17.5. The van der Waals surface area contributed by atoms with E-state index < -0.39 is 17.5 Å². The fourth-order valence-corrected chi connectivity index (χ4v) is 3.09. The second-order valence-corrected chi connectivity index (χ2v) is 6.23. The third-order valence-electron chi connectivity index (χ3n) is 4.63. The van der Waals surface area contributed by atoms with Gasteiger partial charge in [-0.25, -0.2) is 13.2 Å². The Labute approximate surface area is 144 Å². The number of hydrogen-bond donors (Lipinski definition) is 1. The Kier molecular flexibility index (Phi) is 5.08. The van der Waals surface area contributed by atoms with Crippen molar-refractivity contribution >= 4 is 5.91 Å². The molecule has 0 bridgehead atoms. The van der Waals surface area contributed by atoms with E-state index in [1.165, 1.54) is 0 Å². The molecule has 0 unspecified atom stereocenters. The minimum Gasteiger partial charge on any atom is -0.339 e. The maximum atomic E-state index is 13.4. The van der Waals surface area contributed by atoms with Gasteiger partial charge in [0, 0.05) is 18.7 Å². The molecule has 132 valence electrons. The molecule has 1 amide bonds. The molecule has 3 nitrogen and oxygen atoms in total. The van der Waals surface area contributed by atoms with Crippen molar-refractivity contribution in [3.05, 3.63) is 59.4 Å². The number of carbonyl (C=O) groups is 1. The van der Waals surface area contributed by atoms with Gasteiger partial charge >= 0.3 is 0 Å². The molecule has 0 aliphatic carbocycles. The lowest BCUT2D eigenvalue weighted by Crippen LogP contribution is -2.43. The quantitative estimate of drug-likeness (QED) is 0.860. The van der Waals surface area contributed by atoms with E-state index in [9.17, 15) is 18.0 Å². The van der Waals surface area contributed by atoms with Gasteiger partial charge in [-0.2, -0.15) is 0 Å². The molecular formula is C19H19F3N2O. The monoisotopic (exact) mass is 348 g/mol. The zero-order valence-corrected chi connectivity index (χ0v) is 13.9. The van der Waals surface area contributed by atoms with Crippen molar-refractivity contribution in [2.75, 3.05) is 20.1 Å². The fraction of sp³-hybridized carbons (Fsp3) is 0.316. The molecule has 0 spiro atoms. The predicted octanol–water partition coefficient (Wildman–Crippen LogP) is 3.59. The second-order valence-electron chi connectivity index (χ2n) is 6.23. The molecule has 1 aliphatic rings. The summed E-state index contributed by atoms with van der Waals surface area (Å²) in [5.74, 6) is -4.05. The van der Waals surface area contributed by atoms with Crippen LogP contribution in [0.15, 0.2) is 36.4 Å². The first-order valence-electron chi connectivity index (χ1n) is 8.20. The van der Waals surface area contributed by atoms with E-state index >= 15 is 0 Å². The van der Waals surface area contributed by atoms with E-state index in [4.69, 9.17) is 0 Å². The molecule has 0 aromatic heterocycles. The number of nitrogens with one attached hydrogen (secondary N) is 1. The van der Waals surface area contributed by atoms with Crippen LogP contribution in [0.5, 0.6) is 0 Å². The van der Waals surface area contributed by atoms with Gasteiger partial charge in [-0.15, -0.1) is 0 Å². The first-order valence-corrected chi connectivity index (χ1v) is 8.20. The van der Waals surface area contributed by atoms with Crippen LogP contribution in [0.4, 0.5) is 13.2 Å². The van der Waals surface area contributed by atoms with Crippen molar-refractivity contribution in [3.8, 4) is 11.1 Å². The average molecular weight is 348 g/mol. The van der Waals surface area contributed by atoms with Crippen molar-refractivity contribution in [2.45, 2.75) is 18.9 Å². The van der Waals surface area contributed by atoms with Crippen molar-refractivity contribution in [3.63, 3.8) is 0 Å². The second kappa shape index (κ2) is 7.27. The van der Waals surface area contributed by atoms with E-state index in [2.05, 4.69) is 5.32 Å². The lowest BCUT2D eigenvalue weighted by Gasteiger charge is -2.31. The highest BCUT2D eigenvalue weighted by Gasteiger charge is 2.22. The van der Waals surface area contributed by atoms with E-state index in [0.29, 0.717) is 11.1 Å². The number of halogens is 3. The normalized spacial score (nSPS) is 15.2. The molecule has 3 rings (SSSR count). The van der Waals surface area contributed by atoms with E-state index in [1.807, 2.05) is 0 Å². The van der Waals surface area contributed by atoms with Gasteiger partial charge in [0.25, 0.3) is 5.91 Å². The standard InChI is InChI=1S/C19H19F3N2O/c1-24(15-6-8-23-9-7-15)19(25)13-4-2-12(3-5-13)14-10-16(20)18(22)17(21)11-14/h2-5,10-11,15,23H,6-9H2,1H3. The minimum atomic E-state index is -1.49. The predicted molar refractivity (Wildman–Crippen MR) is 89.7 cm³/mol. The number of piperidine rings is 1. The topological polar surface area (TPSA) is 32.3 Å². The summed E-state index contributed by atoms with van der Waals surface area (Å²) in [5.41, 5.74) is 1.24. The van der Waals surface area contributed by atoms with Crippen LogP contribution in [0.3, 0.4) is 0 Å². The highest BCUT2D eigenvalue weighted by Crippen LogP contribution is 2.24. The largest absolute Gasteiger partial charge is 0.339 e. The summed E-state index contributed by atoms with van der Waals surface area (Å²) in [6, 6.07) is 8.54. The SMILES string of the molecule is CN(C(=O)c1ccc(-c2cc(F)c(F)c(F)c2)cc1)C1CCNCC1. The van der Waals surface area contributed by atoms with Crippen LogP contribution in [0.1, 0.15) is 23.2 Å². The highest BCUT2D eigenvalue weighted by molar-refractivity contribution is 5.94. The number of carbonyl (C=O) groups excluding carboxylic acids is 1. The summed E-state index contributed by atoms with van der Waals surface area (Å²) in [4.78, 5) is 14.3. The first-order chi connectivity index (χ1) is 12.0. The average Bonchev–Trinajstić information content (AvgIpc) is 2.65. The summed E-state index contributed by atoms with van der Waals surface area (Å²) in [5, 5.41) is 3.26. The minimum absolute atomic E-state index is 0.0880. The van der Waals surface area contributed by atoms with Crippen LogP contribution in [0, 0.1) is 17.5 Å². The van der Waals surface area contributed by atoms with E-state index in [0.717, 1.165) is 38.1 Å². The molecule has 2 aromatic rings. The summed E-state index contributed by atoms with van der Waals surface area (Å²) >= 11 is 0. The lowest BCUT2D eigenvalue weighted by molar-refractivity contribution is 0.0703. The van der Waals surface area contributed by atoms with Crippen LogP contribution in [0.25, 0.3) is 11.1 Å². The Bertz CT molecular complexity index is 748. The van der Waals surface area contributed by atoms with Crippen LogP contribution < -0.4 is 5.32 Å². The van der Waals surface area contributed by atoms with Crippen molar-refractivity contribution in [1.29, 1.82) is 0 Å². The lowest BCUT2D eigenvalue weighted by atomic mass is 10.0. The molecule has 2 aromatic carbocycles. The Morgan fingerprint density at radius 3 is 2.12 bits per heavy atom. The molecule has 1 heterocycles. The van der Waals surface area contributed by atoms with Crippen LogP contribution in [-0.4, -0.2) is 37.0 Å². The molecular weight excluding hydrogens is 329 g/mol. The molecule has 0 atom stereocenters. The summed E-state index contributed by atoms with van der Waals surface area (Å²) in [6.07, 6.45) is 1.82. The van der Waals surface area contributed by atoms with Gasteiger partial charge in [-0.05, 0) is 61.3 Å². The van der Waals surface area contributed by atoms with Crippen molar-refractivity contribution in [1.82, 2.24) is 10.2 Å². The van der Waals surface area contributed by atoms with E-state index in [-0.39, 0.29) is 17.5 Å².